The van der Waals surface area contributed by atoms with E-state index in [0.717, 1.165) is 16.6 Å². The van der Waals surface area contributed by atoms with Gasteiger partial charge in [-0.3, -0.25) is 9.78 Å². The van der Waals surface area contributed by atoms with Gasteiger partial charge in [-0.2, -0.15) is 0 Å². The van der Waals surface area contributed by atoms with Crippen LogP contribution in [0.2, 0.25) is 0 Å². The summed E-state index contributed by atoms with van der Waals surface area (Å²) in [7, 11) is 1.55. The summed E-state index contributed by atoms with van der Waals surface area (Å²) in [5.74, 6) is -0.456. The molecule has 2 amide bonds. The Morgan fingerprint density at radius 2 is 1.78 bits per heavy atom. The molecule has 1 unspecified atom stereocenters. The number of aromatic nitrogens is 1. The van der Waals surface area contributed by atoms with Crippen molar-refractivity contribution in [1.29, 1.82) is 0 Å². The maximum atomic E-state index is 12.8. The van der Waals surface area contributed by atoms with Crippen LogP contribution in [0.15, 0.2) is 71.9 Å². The molecule has 36 heavy (non-hydrogen) atoms. The Morgan fingerprint density at radius 3 is 2.53 bits per heavy atom. The van der Waals surface area contributed by atoms with Crippen molar-refractivity contribution in [2.24, 2.45) is 0 Å². The summed E-state index contributed by atoms with van der Waals surface area (Å²) in [5.41, 5.74) is 2.63. The zero-order chi connectivity index (χ0) is 25.5. The average Bonchev–Trinajstić information content (AvgIpc) is 2.90. The number of hydrogen-bond acceptors (Lipinski definition) is 7. The standard InChI is InChI=1S/C27H27N3O6/c1-3-35-26(32)24-22(29-27(33)30-25(24)18-9-13-20(34-2)14-10-18)16-36-23(31)15-12-19-11-8-17-6-4-5-7-21(17)28-19/h4-11,13-14,25H,3,12,15-16H2,1-2H3,(H2,29,30,33). The van der Waals surface area contributed by atoms with Crippen LogP contribution in [0.4, 0.5) is 4.79 Å². The summed E-state index contributed by atoms with van der Waals surface area (Å²) in [6.07, 6.45) is 0.497. The Kier molecular flexibility index (Phi) is 7.79. The number of fused-ring (bicyclic) bond motifs is 1. The maximum absolute atomic E-state index is 12.8. The van der Waals surface area contributed by atoms with E-state index in [9.17, 15) is 14.4 Å². The summed E-state index contributed by atoms with van der Waals surface area (Å²) in [6, 6.07) is 17.2. The smallest absolute Gasteiger partial charge is 0.338 e. The van der Waals surface area contributed by atoms with Crippen molar-refractivity contribution in [2.75, 3.05) is 20.3 Å². The number of benzene rings is 2. The highest BCUT2D eigenvalue weighted by Gasteiger charge is 2.34. The number of nitrogens with one attached hydrogen (secondary N) is 2. The summed E-state index contributed by atoms with van der Waals surface area (Å²) in [5, 5.41) is 6.36. The molecule has 1 aromatic heterocycles. The van der Waals surface area contributed by atoms with Gasteiger partial charge in [0.15, 0.2) is 0 Å². The fourth-order valence-corrected chi connectivity index (χ4v) is 3.93. The molecule has 2 heterocycles. The lowest BCUT2D eigenvalue weighted by atomic mass is 9.95. The number of ether oxygens (including phenoxy) is 3. The van der Waals surface area contributed by atoms with Gasteiger partial charge in [0.05, 0.1) is 43.0 Å². The first-order valence-electron chi connectivity index (χ1n) is 11.6. The predicted octanol–water partition coefficient (Wildman–Crippen LogP) is 3.59. The van der Waals surface area contributed by atoms with Gasteiger partial charge in [-0.1, -0.05) is 36.4 Å². The lowest BCUT2D eigenvalue weighted by molar-refractivity contribution is -0.143. The molecule has 4 rings (SSSR count). The number of aryl methyl sites for hydroxylation is 1. The van der Waals surface area contributed by atoms with Crippen molar-refractivity contribution in [3.63, 3.8) is 0 Å². The zero-order valence-corrected chi connectivity index (χ0v) is 20.1. The predicted molar refractivity (Wildman–Crippen MR) is 132 cm³/mol. The monoisotopic (exact) mass is 489 g/mol. The van der Waals surface area contributed by atoms with Crippen LogP contribution in [0.3, 0.4) is 0 Å². The minimum atomic E-state index is -0.779. The molecular formula is C27H27N3O6. The van der Waals surface area contributed by atoms with E-state index in [1.54, 1.807) is 38.3 Å². The van der Waals surface area contributed by atoms with Gasteiger partial charge >= 0.3 is 18.0 Å². The van der Waals surface area contributed by atoms with Crippen molar-refractivity contribution in [3.8, 4) is 5.75 Å². The van der Waals surface area contributed by atoms with Crippen LogP contribution >= 0.6 is 0 Å². The maximum Gasteiger partial charge on any atom is 0.338 e. The number of nitrogens with zero attached hydrogens (tertiary/aromatic N) is 1. The van der Waals surface area contributed by atoms with Gasteiger partial charge in [-0.25, -0.2) is 9.59 Å². The number of pyridine rings is 1. The Balaban J connectivity index is 1.48. The molecule has 0 radical (unpaired) electrons. The van der Waals surface area contributed by atoms with Crippen LogP contribution in [0.1, 0.15) is 30.6 Å². The third-order valence-electron chi connectivity index (χ3n) is 5.72. The van der Waals surface area contributed by atoms with Crippen molar-refractivity contribution in [2.45, 2.75) is 25.8 Å². The lowest BCUT2D eigenvalue weighted by Gasteiger charge is -2.29. The molecule has 9 nitrogen and oxygen atoms in total. The second-order valence-electron chi connectivity index (χ2n) is 8.07. The number of methoxy groups -OCH3 is 1. The van der Waals surface area contributed by atoms with Crippen LogP contribution in [-0.4, -0.2) is 43.3 Å². The van der Waals surface area contributed by atoms with Crippen LogP contribution in [-0.2, 0) is 25.5 Å². The van der Waals surface area contributed by atoms with Crippen LogP contribution < -0.4 is 15.4 Å². The molecule has 0 fully saturated rings. The van der Waals surface area contributed by atoms with Crippen molar-refractivity contribution < 1.29 is 28.6 Å². The molecular weight excluding hydrogens is 462 g/mol. The van der Waals surface area contributed by atoms with E-state index in [4.69, 9.17) is 14.2 Å². The third-order valence-corrected chi connectivity index (χ3v) is 5.72. The second kappa shape index (κ2) is 11.4. The molecule has 1 aliphatic rings. The van der Waals surface area contributed by atoms with Crippen molar-refractivity contribution in [1.82, 2.24) is 15.6 Å². The van der Waals surface area contributed by atoms with E-state index < -0.39 is 24.0 Å². The number of amides is 2. The lowest BCUT2D eigenvalue weighted by Crippen LogP contribution is -2.47. The van der Waals surface area contributed by atoms with Crippen LogP contribution in [0, 0.1) is 0 Å². The summed E-state index contributed by atoms with van der Waals surface area (Å²) < 4.78 is 15.8. The van der Waals surface area contributed by atoms with E-state index in [-0.39, 0.29) is 30.9 Å². The highest BCUT2D eigenvalue weighted by molar-refractivity contribution is 5.95. The van der Waals surface area contributed by atoms with Gasteiger partial charge in [-0.05, 0) is 36.8 Å². The Hall–Kier alpha value is -4.40. The van der Waals surface area contributed by atoms with Crippen LogP contribution in [0.25, 0.3) is 10.9 Å². The molecule has 0 saturated carbocycles. The first kappa shape index (κ1) is 24.7. The van der Waals surface area contributed by atoms with Crippen molar-refractivity contribution in [3.05, 3.63) is 83.2 Å². The van der Waals surface area contributed by atoms with E-state index >= 15 is 0 Å². The molecule has 1 atom stereocenters. The van der Waals surface area contributed by atoms with E-state index in [1.807, 2.05) is 36.4 Å². The van der Waals surface area contributed by atoms with Gasteiger partial charge in [0.2, 0.25) is 0 Å². The van der Waals surface area contributed by atoms with Gasteiger partial charge in [-0.15, -0.1) is 0 Å². The number of carbonyl (C=O) groups is 3. The Bertz CT molecular complexity index is 1300. The van der Waals surface area contributed by atoms with Gasteiger partial charge in [0.25, 0.3) is 0 Å². The number of rotatable bonds is 9. The molecule has 9 heteroatoms. The number of urea groups is 1. The number of para-hydroxylation sites is 1. The van der Waals surface area contributed by atoms with E-state index in [2.05, 4.69) is 15.6 Å². The normalized spacial score (nSPS) is 15.2. The molecule has 0 aliphatic carbocycles. The van der Waals surface area contributed by atoms with Gasteiger partial charge in [0, 0.05) is 17.5 Å². The molecule has 0 bridgehead atoms. The molecule has 186 valence electrons. The minimum absolute atomic E-state index is 0.0987. The Labute approximate surface area is 208 Å². The summed E-state index contributed by atoms with van der Waals surface area (Å²) in [4.78, 5) is 42.3. The zero-order valence-electron chi connectivity index (χ0n) is 20.1. The molecule has 0 saturated heterocycles. The first-order chi connectivity index (χ1) is 17.5. The SMILES string of the molecule is CCOC(=O)C1=C(COC(=O)CCc2ccc3ccccc3n2)NC(=O)NC1c1ccc(OC)cc1. The fourth-order valence-electron chi connectivity index (χ4n) is 3.93. The largest absolute Gasteiger partial charge is 0.497 e. The fraction of sp³-hybridized carbons (Fsp3) is 0.259. The molecule has 3 aromatic rings. The van der Waals surface area contributed by atoms with E-state index in [1.165, 1.54) is 0 Å². The first-order valence-corrected chi connectivity index (χ1v) is 11.6. The van der Waals surface area contributed by atoms with Crippen LogP contribution in [0.5, 0.6) is 5.75 Å². The number of hydrogen-bond donors (Lipinski definition) is 2. The molecule has 2 N–H and O–H groups in total. The second-order valence-corrected chi connectivity index (χ2v) is 8.07. The van der Waals surface area contributed by atoms with Gasteiger partial charge < -0.3 is 24.8 Å². The summed E-state index contributed by atoms with van der Waals surface area (Å²) in [6.45, 7) is 1.56. The highest BCUT2D eigenvalue weighted by atomic mass is 16.5. The number of carbonyl (C=O) groups excluding carboxylic acids is 3. The highest BCUT2D eigenvalue weighted by Crippen LogP contribution is 2.29. The Morgan fingerprint density at radius 1 is 1.00 bits per heavy atom. The average molecular weight is 490 g/mol. The topological polar surface area (TPSA) is 116 Å². The van der Waals surface area contributed by atoms with Gasteiger partial charge in [0.1, 0.15) is 12.4 Å². The number of esters is 2. The summed E-state index contributed by atoms with van der Waals surface area (Å²) >= 11 is 0. The molecule has 0 spiro atoms. The van der Waals surface area contributed by atoms with Crippen molar-refractivity contribution >= 4 is 28.9 Å². The molecule has 2 aromatic carbocycles. The minimum Gasteiger partial charge on any atom is -0.497 e. The quantitative estimate of drug-likeness (QED) is 0.441. The molecule has 1 aliphatic heterocycles. The third kappa shape index (κ3) is 5.80. The van der Waals surface area contributed by atoms with E-state index in [0.29, 0.717) is 17.7 Å².